The van der Waals surface area contributed by atoms with Gasteiger partial charge in [0, 0.05) is 18.2 Å². The molecule has 2 aromatic rings. The summed E-state index contributed by atoms with van der Waals surface area (Å²) in [5.74, 6) is 2.22. The number of amides is 1. The maximum absolute atomic E-state index is 12.3. The summed E-state index contributed by atoms with van der Waals surface area (Å²) in [6.07, 6.45) is 5.29. The Morgan fingerprint density at radius 3 is 2.36 bits per heavy atom. The smallest absolute Gasteiger partial charge is 0.261 e. The first kappa shape index (κ1) is 15.6. The number of terminal acetylenes is 1. The largest absolute Gasteiger partial charge is 0.326 e. The van der Waals surface area contributed by atoms with Crippen LogP contribution < -0.4 is 10.0 Å². The van der Waals surface area contributed by atoms with Gasteiger partial charge in [0.2, 0.25) is 5.91 Å². The average molecular weight is 314 g/mol. The number of hydrogen-bond acceptors (Lipinski definition) is 3. The number of carbonyl (C=O) groups is 1. The number of anilines is 2. The van der Waals surface area contributed by atoms with Crippen molar-refractivity contribution in [1.29, 1.82) is 0 Å². The van der Waals surface area contributed by atoms with Gasteiger partial charge in [-0.1, -0.05) is 12.0 Å². The van der Waals surface area contributed by atoms with E-state index < -0.39 is 10.0 Å². The zero-order valence-electron chi connectivity index (χ0n) is 11.8. The molecule has 22 heavy (non-hydrogen) atoms. The molecular weight excluding hydrogens is 300 g/mol. The van der Waals surface area contributed by atoms with Crippen LogP contribution in [0.4, 0.5) is 11.4 Å². The van der Waals surface area contributed by atoms with E-state index in [1.807, 2.05) is 0 Å². The van der Waals surface area contributed by atoms with Gasteiger partial charge in [0.1, 0.15) is 0 Å². The molecular formula is C16H14N2O3S. The minimum atomic E-state index is -3.71. The van der Waals surface area contributed by atoms with Crippen LogP contribution in [0.1, 0.15) is 12.5 Å². The maximum atomic E-state index is 12.3. The molecule has 0 fully saturated rings. The Bertz CT molecular complexity index is 834. The number of benzene rings is 2. The second kappa shape index (κ2) is 6.33. The molecule has 0 radical (unpaired) electrons. The molecule has 0 saturated carbocycles. The van der Waals surface area contributed by atoms with Crippen molar-refractivity contribution in [3.8, 4) is 12.3 Å². The molecule has 0 bridgehead atoms. The van der Waals surface area contributed by atoms with Crippen LogP contribution in [-0.4, -0.2) is 14.3 Å². The van der Waals surface area contributed by atoms with E-state index in [1.165, 1.54) is 31.2 Å². The standard InChI is InChI=1S/C16H14N2O3S/c1-3-13-5-4-6-15(11-13)18-22(20,21)16-9-7-14(8-10-16)17-12(2)19/h1,4-11,18H,2H3,(H,17,19). The molecule has 0 aromatic heterocycles. The molecule has 112 valence electrons. The van der Waals surface area contributed by atoms with Crippen LogP contribution in [0.15, 0.2) is 53.4 Å². The molecule has 0 unspecified atom stereocenters. The minimum absolute atomic E-state index is 0.0905. The lowest BCUT2D eigenvalue weighted by molar-refractivity contribution is -0.114. The van der Waals surface area contributed by atoms with Crippen molar-refractivity contribution >= 4 is 27.3 Å². The van der Waals surface area contributed by atoms with E-state index in [0.29, 0.717) is 16.9 Å². The predicted octanol–water partition coefficient (Wildman–Crippen LogP) is 2.43. The summed E-state index contributed by atoms with van der Waals surface area (Å²) >= 11 is 0. The highest BCUT2D eigenvalue weighted by molar-refractivity contribution is 7.92. The lowest BCUT2D eigenvalue weighted by atomic mass is 10.2. The highest BCUT2D eigenvalue weighted by atomic mass is 32.2. The summed E-state index contributed by atoms with van der Waals surface area (Å²) < 4.78 is 27.0. The molecule has 0 aliphatic carbocycles. The molecule has 0 atom stereocenters. The monoisotopic (exact) mass is 314 g/mol. The fourth-order valence-corrected chi connectivity index (χ4v) is 2.86. The zero-order valence-corrected chi connectivity index (χ0v) is 12.6. The number of carbonyl (C=O) groups excluding carboxylic acids is 1. The Balaban J connectivity index is 2.23. The first-order valence-electron chi connectivity index (χ1n) is 6.38. The lowest BCUT2D eigenvalue weighted by Crippen LogP contribution is -2.13. The second-order valence-electron chi connectivity index (χ2n) is 4.54. The van der Waals surface area contributed by atoms with Gasteiger partial charge in [-0.05, 0) is 42.5 Å². The van der Waals surface area contributed by atoms with E-state index in [0.717, 1.165) is 0 Å². The third kappa shape index (κ3) is 3.87. The van der Waals surface area contributed by atoms with Crippen molar-refractivity contribution in [2.75, 3.05) is 10.0 Å². The maximum Gasteiger partial charge on any atom is 0.261 e. The minimum Gasteiger partial charge on any atom is -0.326 e. The topological polar surface area (TPSA) is 75.3 Å². The first-order valence-corrected chi connectivity index (χ1v) is 7.86. The molecule has 2 aromatic carbocycles. The van der Waals surface area contributed by atoms with Crippen molar-refractivity contribution in [3.63, 3.8) is 0 Å². The molecule has 0 spiro atoms. The van der Waals surface area contributed by atoms with Crippen LogP contribution in [-0.2, 0) is 14.8 Å². The number of sulfonamides is 1. The zero-order chi connectivity index (χ0) is 16.2. The summed E-state index contributed by atoms with van der Waals surface area (Å²) in [4.78, 5) is 11.0. The van der Waals surface area contributed by atoms with Gasteiger partial charge in [-0.25, -0.2) is 8.42 Å². The second-order valence-corrected chi connectivity index (χ2v) is 6.22. The third-order valence-electron chi connectivity index (χ3n) is 2.77. The quantitative estimate of drug-likeness (QED) is 0.851. The van der Waals surface area contributed by atoms with Crippen molar-refractivity contribution < 1.29 is 13.2 Å². The Kier molecular flexibility index (Phi) is 4.49. The van der Waals surface area contributed by atoms with Gasteiger partial charge in [0.15, 0.2) is 0 Å². The van der Waals surface area contributed by atoms with Crippen molar-refractivity contribution in [3.05, 3.63) is 54.1 Å². The fourth-order valence-electron chi connectivity index (χ4n) is 1.81. The van der Waals surface area contributed by atoms with E-state index >= 15 is 0 Å². The van der Waals surface area contributed by atoms with Gasteiger partial charge >= 0.3 is 0 Å². The van der Waals surface area contributed by atoms with Gasteiger partial charge in [-0.2, -0.15) is 0 Å². The van der Waals surface area contributed by atoms with Crippen LogP contribution in [0.3, 0.4) is 0 Å². The molecule has 2 rings (SSSR count). The van der Waals surface area contributed by atoms with E-state index in [1.54, 1.807) is 24.3 Å². The lowest BCUT2D eigenvalue weighted by Gasteiger charge is -2.09. The van der Waals surface area contributed by atoms with Gasteiger partial charge < -0.3 is 5.32 Å². The Hall–Kier alpha value is -2.78. The normalized spacial score (nSPS) is 10.5. The molecule has 1 amide bonds. The third-order valence-corrected chi connectivity index (χ3v) is 4.16. The number of rotatable bonds is 4. The van der Waals surface area contributed by atoms with E-state index in [9.17, 15) is 13.2 Å². The Morgan fingerprint density at radius 2 is 1.77 bits per heavy atom. The summed E-state index contributed by atoms with van der Waals surface area (Å²) in [5.41, 5.74) is 1.50. The first-order chi connectivity index (χ1) is 10.4. The number of hydrogen-bond donors (Lipinski definition) is 2. The van der Waals surface area contributed by atoms with Crippen LogP contribution in [0, 0.1) is 12.3 Å². The summed E-state index contributed by atoms with van der Waals surface area (Å²) in [7, 11) is -3.71. The molecule has 6 heteroatoms. The Labute approximate surface area is 129 Å². The molecule has 0 aliphatic heterocycles. The SMILES string of the molecule is C#Cc1cccc(NS(=O)(=O)c2ccc(NC(C)=O)cc2)c1. The van der Waals surface area contributed by atoms with E-state index in [2.05, 4.69) is 16.0 Å². The van der Waals surface area contributed by atoms with Gasteiger partial charge in [-0.15, -0.1) is 6.42 Å². The van der Waals surface area contributed by atoms with Gasteiger partial charge in [0.05, 0.1) is 10.6 Å². The van der Waals surface area contributed by atoms with Crippen LogP contribution in [0.2, 0.25) is 0 Å². The predicted molar refractivity (Wildman–Crippen MR) is 85.9 cm³/mol. The summed E-state index contributed by atoms with van der Waals surface area (Å²) in [6.45, 7) is 1.38. The van der Waals surface area contributed by atoms with Gasteiger partial charge in [-0.3, -0.25) is 9.52 Å². The van der Waals surface area contributed by atoms with E-state index in [4.69, 9.17) is 6.42 Å². The van der Waals surface area contributed by atoms with Crippen LogP contribution in [0.5, 0.6) is 0 Å². The number of nitrogens with one attached hydrogen (secondary N) is 2. The molecule has 0 heterocycles. The molecule has 0 aliphatic rings. The summed E-state index contributed by atoms with van der Waals surface area (Å²) in [6, 6.07) is 12.4. The van der Waals surface area contributed by atoms with Gasteiger partial charge in [0.25, 0.3) is 10.0 Å². The Morgan fingerprint density at radius 1 is 1.09 bits per heavy atom. The van der Waals surface area contributed by atoms with Crippen LogP contribution >= 0.6 is 0 Å². The molecule has 0 saturated heterocycles. The van der Waals surface area contributed by atoms with Crippen molar-refractivity contribution in [2.45, 2.75) is 11.8 Å². The fraction of sp³-hybridized carbons (Fsp3) is 0.0625. The summed E-state index contributed by atoms with van der Waals surface area (Å²) in [5, 5.41) is 2.57. The van der Waals surface area contributed by atoms with Crippen molar-refractivity contribution in [2.24, 2.45) is 0 Å². The van der Waals surface area contributed by atoms with E-state index in [-0.39, 0.29) is 10.8 Å². The van der Waals surface area contributed by atoms with Crippen LogP contribution in [0.25, 0.3) is 0 Å². The highest BCUT2D eigenvalue weighted by Crippen LogP contribution is 2.19. The molecule has 2 N–H and O–H groups in total. The average Bonchev–Trinajstić information content (AvgIpc) is 2.47. The highest BCUT2D eigenvalue weighted by Gasteiger charge is 2.14. The molecule has 5 nitrogen and oxygen atoms in total. The van der Waals surface area contributed by atoms with Crippen molar-refractivity contribution in [1.82, 2.24) is 0 Å².